The van der Waals surface area contributed by atoms with Crippen LogP contribution in [0.4, 0.5) is 20.7 Å². The van der Waals surface area contributed by atoms with Crippen LogP contribution >= 0.6 is 11.6 Å². The third kappa shape index (κ3) is 6.15. The molecule has 0 spiro atoms. The van der Waals surface area contributed by atoms with E-state index in [2.05, 4.69) is 20.6 Å². The molecule has 0 saturated heterocycles. The summed E-state index contributed by atoms with van der Waals surface area (Å²) in [7, 11) is 0. The van der Waals surface area contributed by atoms with Crippen LogP contribution in [0.3, 0.4) is 0 Å². The zero-order valence-electron chi connectivity index (χ0n) is 15.2. The minimum atomic E-state index is -0.594. The SMILES string of the molecule is Cc1ccc(Nc2nc(Cl)ncc2F)cc1CCNC(=O)OC(C)(C)C. The number of rotatable bonds is 5. The molecule has 2 rings (SSSR count). The van der Waals surface area contributed by atoms with E-state index in [4.69, 9.17) is 16.3 Å². The number of nitrogens with zero attached hydrogens (tertiary/aromatic N) is 2. The van der Waals surface area contributed by atoms with Gasteiger partial charge >= 0.3 is 6.09 Å². The Morgan fingerprint density at radius 1 is 1.35 bits per heavy atom. The van der Waals surface area contributed by atoms with Crippen molar-refractivity contribution in [3.63, 3.8) is 0 Å². The molecule has 1 aromatic heterocycles. The first-order valence-electron chi connectivity index (χ1n) is 8.15. The molecule has 2 N–H and O–H groups in total. The molecular formula is C18H22ClFN4O2. The summed E-state index contributed by atoms with van der Waals surface area (Å²) in [6.45, 7) is 7.82. The normalized spacial score (nSPS) is 11.2. The first-order valence-corrected chi connectivity index (χ1v) is 8.53. The minimum absolute atomic E-state index is 0.00619. The third-order valence-corrected chi connectivity index (χ3v) is 3.57. The molecule has 0 aliphatic heterocycles. The second-order valence-corrected chi connectivity index (χ2v) is 7.12. The number of hydrogen-bond donors (Lipinski definition) is 2. The van der Waals surface area contributed by atoms with E-state index in [-0.39, 0.29) is 11.1 Å². The molecule has 0 unspecified atom stereocenters. The van der Waals surface area contributed by atoms with Gasteiger partial charge in [0.1, 0.15) is 5.60 Å². The Hall–Kier alpha value is -2.41. The van der Waals surface area contributed by atoms with Crippen LogP contribution < -0.4 is 10.6 Å². The number of amides is 1. The summed E-state index contributed by atoms with van der Waals surface area (Å²) in [5, 5.41) is 5.57. The van der Waals surface area contributed by atoms with E-state index >= 15 is 0 Å². The Morgan fingerprint density at radius 2 is 2.08 bits per heavy atom. The Bertz CT molecular complexity index is 793. The van der Waals surface area contributed by atoms with E-state index in [1.807, 2.05) is 45.9 Å². The average molecular weight is 381 g/mol. The van der Waals surface area contributed by atoms with Gasteiger partial charge in [0, 0.05) is 12.2 Å². The number of aryl methyl sites for hydroxylation is 1. The molecule has 2 aromatic rings. The Balaban J connectivity index is 2.01. The predicted octanol–water partition coefficient (Wildman–Crippen LogP) is 4.39. The van der Waals surface area contributed by atoms with Gasteiger partial charge in [0.15, 0.2) is 11.6 Å². The predicted molar refractivity (Wildman–Crippen MR) is 99.4 cm³/mol. The lowest BCUT2D eigenvalue weighted by Crippen LogP contribution is -2.33. The molecule has 140 valence electrons. The Labute approximate surface area is 157 Å². The lowest BCUT2D eigenvalue weighted by Gasteiger charge is -2.19. The largest absolute Gasteiger partial charge is 0.444 e. The second kappa shape index (κ2) is 8.31. The number of benzene rings is 1. The van der Waals surface area contributed by atoms with Gasteiger partial charge in [-0.1, -0.05) is 6.07 Å². The fourth-order valence-corrected chi connectivity index (χ4v) is 2.34. The molecular weight excluding hydrogens is 359 g/mol. The maximum atomic E-state index is 13.8. The second-order valence-electron chi connectivity index (χ2n) is 6.78. The van der Waals surface area contributed by atoms with Crippen molar-refractivity contribution in [2.24, 2.45) is 0 Å². The number of ether oxygens (including phenoxy) is 1. The van der Waals surface area contributed by atoms with Crippen molar-refractivity contribution in [1.29, 1.82) is 0 Å². The summed E-state index contributed by atoms with van der Waals surface area (Å²) < 4.78 is 19.0. The zero-order chi connectivity index (χ0) is 19.3. The molecule has 1 heterocycles. The van der Waals surface area contributed by atoms with Crippen molar-refractivity contribution in [3.05, 3.63) is 46.6 Å². The summed E-state index contributed by atoms with van der Waals surface area (Å²) in [5.41, 5.74) is 2.19. The van der Waals surface area contributed by atoms with Gasteiger partial charge in [0.25, 0.3) is 0 Å². The van der Waals surface area contributed by atoms with E-state index in [1.165, 1.54) is 0 Å². The van der Waals surface area contributed by atoms with Gasteiger partial charge in [-0.2, -0.15) is 4.98 Å². The van der Waals surface area contributed by atoms with Crippen LogP contribution in [0.1, 0.15) is 31.9 Å². The lowest BCUT2D eigenvalue weighted by atomic mass is 10.0. The number of nitrogens with one attached hydrogen (secondary N) is 2. The molecule has 0 aliphatic carbocycles. The molecule has 0 bridgehead atoms. The van der Waals surface area contributed by atoms with E-state index in [1.54, 1.807) is 0 Å². The highest BCUT2D eigenvalue weighted by molar-refractivity contribution is 6.28. The maximum Gasteiger partial charge on any atom is 0.407 e. The monoisotopic (exact) mass is 380 g/mol. The zero-order valence-corrected chi connectivity index (χ0v) is 15.9. The first kappa shape index (κ1) is 19.9. The molecule has 8 heteroatoms. The first-order chi connectivity index (χ1) is 12.1. The summed E-state index contributed by atoms with van der Waals surface area (Å²) in [6, 6.07) is 5.60. The van der Waals surface area contributed by atoms with Gasteiger partial charge in [-0.25, -0.2) is 14.2 Å². The van der Waals surface area contributed by atoms with Crippen LogP contribution in [0, 0.1) is 12.7 Å². The van der Waals surface area contributed by atoms with Gasteiger partial charge in [0.05, 0.1) is 6.20 Å². The lowest BCUT2D eigenvalue weighted by molar-refractivity contribution is 0.0528. The highest BCUT2D eigenvalue weighted by atomic mass is 35.5. The van der Waals surface area contributed by atoms with E-state index in [0.717, 1.165) is 17.3 Å². The summed E-state index contributed by atoms with van der Waals surface area (Å²) >= 11 is 5.70. The standard InChI is InChI=1S/C18H22ClFN4O2/c1-11-5-6-13(23-15-14(20)10-22-16(19)24-15)9-12(11)7-8-21-17(25)26-18(2,3)4/h5-6,9-10H,7-8H2,1-4H3,(H,21,25)(H,22,23,24). The van der Waals surface area contributed by atoms with E-state index < -0.39 is 17.5 Å². The number of hydrogen-bond acceptors (Lipinski definition) is 5. The molecule has 26 heavy (non-hydrogen) atoms. The van der Waals surface area contributed by atoms with Crippen LogP contribution in [0.2, 0.25) is 5.28 Å². The van der Waals surface area contributed by atoms with Gasteiger partial charge < -0.3 is 15.4 Å². The summed E-state index contributed by atoms with van der Waals surface area (Å²) in [4.78, 5) is 19.1. The van der Waals surface area contributed by atoms with Crippen molar-refractivity contribution in [1.82, 2.24) is 15.3 Å². The molecule has 0 atom stereocenters. The van der Waals surface area contributed by atoms with Crippen molar-refractivity contribution < 1.29 is 13.9 Å². The van der Waals surface area contributed by atoms with Gasteiger partial charge in [-0.3, -0.25) is 0 Å². The molecule has 0 saturated carbocycles. The van der Waals surface area contributed by atoms with Crippen molar-refractivity contribution in [2.75, 3.05) is 11.9 Å². The highest BCUT2D eigenvalue weighted by Crippen LogP contribution is 2.21. The molecule has 0 aliphatic rings. The number of carbonyl (C=O) groups is 1. The Kier molecular flexibility index (Phi) is 6.37. The van der Waals surface area contributed by atoms with Gasteiger partial charge in [-0.05, 0) is 69.0 Å². The van der Waals surface area contributed by atoms with Crippen molar-refractivity contribution >= 4 is 29.2 Å². The van der Waals surface area contributed by atoms with Gasteiger partial charge in [0.2, 0.25) is 5.28 Å². The maximum absolute atomic E-state index is 13.8. The molecule has 0 fully saturated rings. The Morgan fingerprint density at radius 3 is 2.77 bits per heavy atom. The number of anilines is 2. The number of carbonyl (C=O) groups excluding carboxylic acids is 1. The minimum Gasteiger partial charge on any atom is -0.444 e. The summed E-state index contributed by atoms with van der Waals surface area (Å²) in [6.07, 6.45) is 1.16. The molecule has 0 radical (unpaired) electrons. The van der Waals surface area contributed by atoms with Crippen LogP contribution in [0.25, 0.3) is 0 Å². The van der Waals surface area contributed by atoms with Crippen LogP contribution in [-0.4, -0.2) is 28.2 Å². The van der Waals surface area contributed by atoms with Crippen molar-refractivity contribution in [2.45, 2.75) is 39.7 Å². The van der Waals surface area contributed by atoms with Gasteiger partial charge in [-0.15, -0.1) is 0 Å². The van der Waals surface area contributed by atoms with Crippen molar-refractivity contribution in [3.8, 4) is 0 Å². The van der Waals surface area contributed by atoms with E-state index in [0.29, 0.717) is 18.7 Å². The summed E-state index contributed by atoms with van der Waals surface area (Å²) in [5.74, 6) is -0.588. The topological polar surface area (TPSA) is 76.1 Å². The average Bonchev–Trinajstić information content (AvgIpc) is 2.52. The number of halogens is 2. The molecule has 1 aromatic carbocycles. The fourth-order valence-electron chi connectivity index (χ4n) is 2.20. The highest BCUT2D eigenvalue weighted by Gasteiger charge is 2.15. The number of aromatic nitrogens is 2. The molecule has 6 nitrogen and oxygen atoms in total. The smallest absolute Gasteiger partial charge is 0.407 e. The van der Waals surface area contributed by atoms with Crippen LogP contribution in [-0.2, 0) is 11.2 Å². The third-order valence-electron chi connectivity index (χ3n) is 3.39. The molecule has 1 amide bonds. The van der Waals surface area contributed by atoms with Crippen LogP contribution in [0.5, 0.6) is 0 Å². The quantitative estimate of drug-likeness (QED) is 0.752. The number of alkyl carbamates (subject to hydrolysis) is 1. The van der Waals surface area contributed by atoms with E-state index in [9.17, 15) is 9.18 Å². The fraction of sp³-hybridized carbons (Fsp3) is 0.389. The van der Waals surface area contributed by atoms with Crippen LogP contribution in [0.15, 0.2) is 24.4 Å².